The summed E-state index contributed by atoms with van der Waals surface area (Å²) in [6, 6.07) is 0. The number of carbonyl (C=O) groups is 1. The van der Waals surface area contributed by atoms with Crippen LogP contribution in [-0.4, -0.2) is 28.2 Å². The van der Waals surface area contributed by atoms with Gasteiger partial charge in [0.05, 0.1) is 0 Å². The van der Waals surface area contributed by atoms with Crippen molar-refractivity contribution in [3.63, 3.8) is 0 Å². The normalized spacial score (nSPS) is 25.5. The predicted octanol–water partition coefficient (Wildman–Crippen LogP) is 1.23. The average molecular weight is 193 g/mol. The fourth-order valence-corrected chi connectivity index (χ4v) is 1.49. The van der Waals surface area contributed by atoms with E-state index in [2.05, 4.69) is 13.2 Å². The van der Waals surface area contributed by atoms with E-state index in [1.54, 1.807) is 12.2 Å². The zero-order chi connectivity index (χ0) is 10.6. The molecule has 0 saturated carbocycles. The van der Waals surface area contributed by atoms with E-state index < -0.39 is 5.72 Å². The van der Waals surface area contributed by atoms with Gasteiger partial charge in [0.25, 0.3) is 0 Å². The predicted molar refractivity (Wildman–Crippen MR) is 55.4 cm³/mol. The van der Waals surface area contributed by atoms with Crippen molar-refractivity contribution in [2.45, 2.75) is 18.6 Å². The summed E-state index contributed by atoms with van der Waals surface area (Å²) in [6.45, 7) is 7.62. The van der Waals surface area contributed by atoms with Crippen molar-refractivity contribution in [1.82, 2.24) is 4.90 Å². The summed E-state index contributed by atoms with van der Waals surface area (Å²) >= 11 is 0. The van der Waals surface area contributed by atoms with Crippen molar-refractivity contribution < 1.29 is 9.90 Å². The lowest BCUT2D eigenvalue weighted by atomic mass is 10.1. The fraction of sp³-hybridized carbons (Fsp3) is 0.364. The van der Waals surface area contributed by atoms with Crippen molar-refractivity contribution in [2.75, 3.05) is 6.54 Å². The van der Waals surface area contributed by atoms with Gasteiger partial charge in [-0.2, -0.15) is 0 Å². The molecule has 1 N–H and O–H groups in total. The molecule has 1 heterocycles. The van der Waals surface area contributed by atoms with E-state index in [1.807, 2.05) is 0 Å². The van der Waals surface area contributed by atoms with Crippen LogP contribution in [0.4, 0.5) is 0 Å². The van der Waals surface area contributed by atoms with Gasteiger partial charge in [0.2, 0.25) is 5.91 Å². The molecule has 0 radical (unpaired) electrons. The molecule has 0 aromatic heterocycles. The first-order valence-corrected chi connectivity index (χ1v) is 4.59. The molecule has 3 nitrogen and oxygen atoms in total. The summed E-state index contributed by atoms with van der Waals surface area (Å²) in [4.78, 5) is 12.8. The molecule has 1 unspecified atom stereocenters. The highest BCUT2D eigenvalue weighted by atomic mass is 16.3. The van der Waals surface area contributed by atoms with Crippen molar-refractivity contribution in [3.05, 3.63) is 37.5 Å². The van der Waals surface area contributed by atoms with Crippen LogP contribution in [0.15, 0.2) is 37.5 Å². The molecule has 0 aliphatic carbocycles. The molecule has 1 aliphatic heterocycles. The van der Waals surface area contributed by atoms with Gasteiger partial charge in [-0.1, -0.05) is 12.2 Å². The van der Waals surface area contributed by atoms with Crippen LogP contribution in [0.25, 0.3) is 0 Å². The van der Waals surface area contributed by atoms with Crippen LogP contribution in [0, 0.1) is 0 Å². The maximum atomic E-state index is 11.4. The summed E-state index contributed by atoms with van der Waals surface area (Å²) in [5, 5.41) is 10.1. The lowest BCUT2D eigenvalue weighted by molar-refractivity contribution is -0.140. The van der Waals surface area contributed by atoms with Crippen molar-refractivity contribution in [1.29, 1.82) is 0 Å². The van der Waals surface area contributed by atoms with Gasteiger partial charge in [0, 0.05) is 19.0 Å². The van der Waals surface area contributed by atoms with E-state index in [0.29, 0.717) is 19.4 Å². The Labute approximate surface area is 84.0 Å². The molecule has 1 rings (SSSR count). The molecule has 0 fully saturated rings. The second kappa shape index (κ2) is 4.24. The monoisotopic (exact) mass is 193 g/mol. The number of nitrogens with zero attached hydrogens (tertiary/aromatic N) is 1. The second-order valence-corrected chi connectivity index (χ2v) is 3.27. The van der Waals surface area contributed by atoms with Crippen LogP contribution in [0.5, 0.6) is 0 Å². The van der Waals surface area contributed by atoms with Gasteiger partial charge in [-0.05, 0) is 12.5 Å². The van der Waals surface area contributed by atoms with Crippen LogP contribution < -0.4 is 0 Å². The van der Waals surface area contributed by atoms with Crippen LogP contribution in [0.3, 0.4) is 0 Å². The van der Waals surface area contributed by atoms with E-state index in [4.69, 9.17) is 0 Å². The Bertz CT molecular complexity index is 283. The summed E-state index contributed by atoms with van der Waals surface area (Å²) in [7, 11) is 0. The Kier molecular flexibility index (Phi) is 3.25. The Morgan fingerprint density at radius 3 is 2.79 bits per heavy atom. The van der Waals surface area contributed by atoms with Gasteiger partial charge >= 0.3 is 0 Å². The molecule has 0 bridgehead atoms. The summed E-state index contributed by atoms with van der Waals surface area (Å²) < 4.78 is 0. The van der Waals surface area contributed by atoms with Crippen LogP contribution in [0.1, 0.15) is 12.8 Å². The maximum absolute atomic E-state index is 11.4. The summed E-state index contributed by atoms with van der Waals surface area (Å²) in [5.74, 6) is -0.156. The topological polar surface area (TPSA) is 40.5 Å². The van der Waals surface area contributed by atoms with E-state index in [0.717, 1.165) is 0 Å². The van der Waals surface area contributed by atoms with Gasteiger partial charge in [0.1, 0.15) is 0 Å². The first kappa shape index (κ1) is 10.7. The number of hydrogen-bond acceptors (Lipinski definition) is 2. The summed E-state index contributed by atoms with van der Waals surface area (Å²) in [5.41, 5.74) is -1.18. The quantitative estimate of drug-likeness (QED) is 0.667. The van der Waals surface area contributed by atoms with Crippen molar-refractivity contribution >= 4 is 5.91 Å². The number of rotatable bonds is 5. The molecule has 1 aliphatic rings. The Morgan fingerprint density at radius 2 is 2.21 bits per heavy atom. The molecule has 76 valence electrons. The van der Waals surface area contributed by atoms with E-state index in [-0.39, 0.29) is 5.91 Å². The first-order valence-electron chi connectivity index (χ1n) is 4.59. The molecule has 3 heteroatoms. The average Bonchev–Trinajstić information content (AvgIpc) is 2.41. The third-order valence-corrected chi connectivity index (χ3v) is 2.23. The third-order valence-electron chi connectivity index (χ3n) is 2.23. The molecule has 14 heavy (non-hydrogen) atoms. The van der Waals surface area contributed by atoms with Crippen LogP contribution >= 0.6 is 0 Å². The van der Waals surface area contributed by atoms with Gasteiger partial charge in [-0.25, -0.2) is 0 Å². The van der Waals surface area contributed by atoms with Crippen molar-refractivity contribution in [2.24, 2.45) is 0 Å². The molecule has 1 amide bonds. The Morgan fingerprint density at radius 1 is 1.50 bits per heavy atom. The number of aliphatic hydroxyl groups is 1. The molecule has 0 saturated heterocycles. The minimum atomic E-state index is -1.18. The minimum Gasteiger partial charge on any atom is -0.367 e. The van der Waals surface area contributed by atoms with Crippen LogP contribution in [-0.2, 0) is 4.79 Å². The molecule has 0 aromatic rings. The zero-order valence-electron chi connectivity index (χ0n) is 8.15. The van der Waals surface area contributed by atoms with E-state index >= 15 is 0 Å². The maximum Gasteiger partial charge on any atom is 0.248 e. The fourth-order valence-electron chi connectivity index (χ4n) is 1.49. The SMILES string of the molecule is C=CCCN1C(=O)C=CC1(O)CC=C. The number of amides is 1. The first-order chi connectivity index (χ1) is 6.64. The highest BCUT2D eigenvalue weighted by Crippen LogP contribution is 2.25. The lowest BCUT2D eigenvalue weighted by Gasteiger charge is -2.32. The van der Waals surface area contributed by atoms with E-state index in [9.17, 15) is 9.90 Å². The largest absolute Gasteiger partial charge is 0.367 e. The summed E-state index contributed by atoms with van der Waals surface area (Å²) in [6.07, 6.45) is 7.26. The lowest BCUT2D eigenvalue weighted by Crippen LogP contribution is -2.46. The minimum absolute atomic E-state index is 0.156. The Balaban J connectivity index is 2.73. The van der Waals surface area contributed by atoms with Crippen molar-refractivity contribution in [3.8, 4) is 0 Å². The molecule has 1 atom stereocenters. The van der Waals surface area contributed by atoms with Gasteiger partial charge in [0.15, 0.2) is 5.72 Å². The number of carbonyl (C=O) groups excluding carboxylic acids is 1. The smallest absolute Gasteiger partial charge is 0.248 e. The van der Waals surface area contributed by atoms with Gasteiger partial charge < -0.3 is 10.0 Å². The highest BCUT2D eigenvalue weighted by Gasteiger charge is 2.37. The van der Waals surface area contributed by atoms with E-state index in [1.165, 1.54) is 17.1 Å². The highest BCUT2D eigenvalue weighted by molar-refractivity contribution is 5.91. The third kappa shape index (κ3) is 1.93. The second-order valence-electron chi connectivity index (χ2n) is 3.27. The molecular weight excluding hydrogens is 178 g/mol. The van der Waals surface area contributed by atoms with Gasteiger partial charge in [-0.15, -0.1) is 13.2 Å². The molecular formula is C11H15NO2. The van der Waals surface area contributed by atoms with Gasteiger partial charge in [-0.3, -0.25) is 4.79 Å². The Hall–Kier alpha value is -1.35. The van der Waals surface area contributed by atoms with Crippen LogP contribution in [0.2, 0.25) is 0 Å². The molecule has 0 spiro atoms. The molecule has 0 aromatic carbocycles. The number of hydrogen-bond donors (Lipinski definition) is 1. The standard InChI is InChI=1S/C11H15NO2/c1-3-5-9-12-10(13)6-8-11(12,14)7-4-2/h3-4,6,8,14H,1-2,5,7,9H2. The zero-order valence-corrected chi connectivity index (χ0v) is 8.15.